The second-order valence-electron chi connectivity index (χ2n) is 5.33. The summed E-state index contributed by atoms with van der Waals surface area (Å²) in [4.78, 5) is 11.7. The number of rotatable bonds is 3. The van der Waals surface area contributed by atoms with Crippen molar-refractivity contribution < 1.29 is 9.53 Å². The maximum Gasteiger partial charge on any atom is 0.338 e. The van der Waals surface area contributed by atoms with Gasteiger partial charge in [0.05, 0.1) is 12.2 Å². The fourth-order valence-electron chi connectivity index (χ4n) is 1.33. The maximum atomic E-state index is 11.7. The minimum Gasteiger partial charge on any atom is -0.462 e. The highest BCUT2D eigenvalue weighted by Crippen LogP contribution is 2.19. The quantitative estimate of drug-likeness (QED) is 0.624. The molecule has 4 nitrogen and oxygen atoms in total. The number of esters is 1. The predicted octanol–water partition coefficient (Wildman–Crippen LogP) is 2.44. The Kier molecular flexibility index (Phi) is 3.99. The van der Waals surface area contributed by atoms with Gasteiger partial charge < -0.3 is 16.2 Å². The summed E-state index contributed by atoms with van der Waals surface area (Å²) in [5.74, 6) is -0.381. The highest BCUT2D eigenvalue weighted by atomic mass is 16.5. The zero-order valence-electron chi connectivity index (χ0n) is 10.6. The molecule has 0 aliphatic heterocycles. The van der Waals surface area contributed by atoms with Crippen LogP contribution in [0.1, 0.15) is 37.6 Å². The molecule has 0 aromatic heterocycles. The molecule has 0 radical (unpaired) electrons. The number of anilines is 2. The van der Waals surface area contributed by atoms with Crippen LogP contribution in [0.2, 0.25) is 0 Å². The second kappa shape index (κ2) is 5.08. The molecule has 1 aromatic carbocycles. The lowest BCUT2D eigenvalue weighted by Gasteiger charge is -2.17. The van der Waals surface area contributed by atoms with Crippen LogP contribution in [0.25, 0.3) is 0 Å². The van der Waals surface area contributed by atoms with E-state index in [1.54, 1.807) is 18.2 Å². The van der Waals surface area contributed by atoms with Crippen LogP contribution in [0.3, 0.4) is 0 Å². The SMILES string of the molecule is CC(C)(C)CCOC(=O)c1cc(N)cc(N)c1. The zero-order valence-corrected chi connectivity index (χ0v) is 10.6. The number of hydrogen-bond donors (Lipinski definition) is 2. The Hall–Kier alpha value is -1.71. The summed E-state index contributed by atoms with van der Waals surface area (Å²) in [7, 11) is 0. The molecule has 0 amide bonds. The third kappa shape index (κ3) is 4.76. The molecule has 0 bridgehead atoms. The van der Waals surface area contributed by atoms with Gasteiger partial charge in [0.25, 0.3) is 0 Å². The van der Waals surface area contributed by atoms with Gasteiger partial charge in [-0.3, -0.25) is 0 Å². The van der Waals surface area contributed by atoms with E-state index < -0.39 is 0 Å². The summed E-state index contributed by atoms with van der Waals surface area (Å²) >= 11 is 0. The Morgan fingerprint density at radius 3 is 2.18 bits per heavy atom. The van der Waals surface area contributed by atoms with Gasteiger partial charge in [0.1, 0.15) is 0 Å². The molecule has 1 rings (SSSR count). The lowest BCUT2D eigenvalue weighted by molar-refractivity contribution is 0.0465. The molecule has 0 spiro atoms. The highest BCUT2D eigenvalue weighted by molar-refractivity contribution is 5.91. The molecule has 0 aliphatic carbocycles. The van der Waals surface area contributed by atoms with E-state index in [0.717, 1.165) is 6.42 Å². The molecule has 0 saturated carbocycles. The lowest BCUT2D eigenvalue weighted by Crippen LogP contribution is -2.13. The molecule has 4 N–H and O–H groups in total. The van der Waals surface area contributed by atoms with Gasteiger partial charge in [-0.2, -0.15) is 0 Å². The fourth-order valence-corrected chi connectivity index (χ4v) is 1.33. The average Bonchev–Trinajstić information content (AvgIpc) is 2.13. The number of benzene rings is 1. The van der Waals surface area contributed by atoms with E-state index in [2.05, 4.69) is 20.8 Å². The van der Waals surface area contributed by atoms with Gasteiger partial charge in [-0.25, -0.2) is 4.79 Å². The topological polar surface area (TPSA) is 78.3 Å². The maximum absolute atomic E-state index is 11.7. The van der Waals surface area contributed by atoms with Gasteiger partial charge in [-0.1, -0.05) is 20.8 Å². The predicted molar refractivity (Wildman–Crippen MR) is 69.6 cm³/mol. The van der Waals surface area contributed by atoms with Gasteiger partial charge in [0.2, 0.25) is 0 Å². The average molecular weight is 236 g/mol. The third-order valence-corrected chi connectivity index (χ3v) is 2.30. The van der Waals surface area contributed by atoms with Crippen LogP contribution in [-0.4, -0.2) is 12.6 Å². The van der Waals surface area contributed by atoms with E-state index in [1.165, 1.54) is 0 Å². The van der Waals surface area contributed by atoms with Crippen LogP contribution in [0.4, 0.5) is 11.4 Å². The number of carbonyl (C=O) groups is 1. The van der Waals surface area contributed by atoms with Crippen LogP contribution >= 0.6 is 0 Å². The summed E-state index contributed by atoms with van der Waals surface area (Å²) in [5.41, 5.74) is 12.7. The van der Waals surface area contributed by atoms with Gasteiger partial charge in [0, 0.05) is 11.4 Å². The summed E-state index contributed by atoms with van der Waals surface area (Å²) in [6.45, 7) is 6.69. The summed E-state index contributed by atoms with van der Waals surface area (Å²) in [5, 5.41) is 0. The molecule has 0 fully saturated rings. The van der Waals surface area contributed by atoms with Crippen LogP contribution in [-0.2, 0) is 4.74 Å². The smallest absolute Gasteiger partial charge is 0.338 e. The van der Waals surface area contributed by atoms with E-state index in [9.17, 15) is 4.79 Å². The van der Waals surface area contributed by atoms with Gasteiger partial charge in [-0.05, 0) is 30.0 Å². The molecule has 4 heteroatoms. The van der Waals surface area contributed by atoms with Crippen molar-refractivity contribution in [1.82, 2.24) is 0 Å². The van der Waals surface area contributed by atoms with Crippen LogP contribution in [0.5, 0.6) is 0 Å². The molecule has 0 saturated heterocycles. The number of carbonyl (C=O) groups excluding carboxylic acids is 1. The molecule has 94 valence electrons. The van der Waals surface area contributed by atoms with Crippen LogP contribution in [0, 0.1) is 5.41 Å². The molecular weight excluding hydrogens is 216 g/mol. The monoisotopic (exact) mass is 236 g/mol. The number of nitrogen functional groups attached to an aromatic ring is 2. The highest BCUT2D eigenvalue weighted by Gasteiger charge is 2.13. The third-order valence-electron chi connectivity index (χ3n) is 2.30. The number of hydrogen-bond acceptors (Lipinski definition) is 4. The van der Waals surface area contributed by atoms with Crippen molar-refractivity contribution >= 4 is 17.3 Å². The Labute approximate surface area is 102 Å². The van der Waals surface area contributed by atoms with E-state index in [-0.39, 0.29) is 11.4 Å². The summed E-state index contributed by atoms with van der Waals surface area (Å²) < 4.78 is 5.16. The van der Waals surface area contributed by atoms with Crippen molar-refractivity contribution in [2.24, 2.45) is 5.41 Å². The van der Waals surface area contributed by atoms with Gasteiger partial charge >= 0.3 is 5.97 Å². The molecule has 0 aliphatic rings. The zero-order chi connectivity index (χ0) is 13.1. The van der Waals surface area contributed by atoms with Crippen LogP contribution in [0.15, 0.2) is 18.2 Å². The van der Waals surface area contributed by atoms with E-state index in [1.807, 2.05) is 0 Å². The van der Waals surface area contributed by atoms with Crippen molar-refractivity contribution in [3.05, 3.63) is 23.8 Å². The largest absolute Gasteiger partial charge is 0.462 e. The standard InChI is InChI=1S/C13H20N2O2/c1-13(2,3)4-5-17-12(16)9-6-10(14)8-11(15)7-9/h6-8H,4-5,14-15H2,1-3H3. The Balaban J connectivity index is 2.58. The second-order valence-corrected chi connectivity index (χ2v) is 5.33. The minimum absolute atomic E-state index is 0.148. The molecule has 0 unspecified atom stereocenters. The van der Waals surface area contributed by atoms with Gasteiger partial charge in [0.15, 0.2) is 0 Å². The number of ether oxygens (including phenoxy) is 1. The molecule has 0 atom stereocenters. The van der Waals surface area contributed by atoms with Crippen molar-refractivity contribution in [3.63, 3.8) is 0 Å². The van der Waals surface area contributed by atoms with Crippen LogP contribution < -0.4 is 11.5 Å². The first kappa shape index (κ1) is 13.4. The lowest BCUT2D eigenvalue weighted by atomic mass is 9.93. The summed E-state index contributed by atoms with van der Waals surface area (Å²) in [6.07, 6.45) is 0.816. The molecule has 0 heterocycles. The molecular formula is C13H20N2O2. The first-order chi connectivity index (χ1) is 7.78. The van der Waals surface area contributed by atoms with Crippen molar-refractivity contribution in [1.29, 1.82) is 0 Å². The van der Waals surface area contributed by atoms with E-state index in [0.29, 0.717) is 23.5 Å². The Morgan fingerprint density at radius 1 is 1.18 bits per heavy atom. The van der Waals surface area contributed by atoms with Crippen molar-refractivity contribution in [2.75, 3.05) is 18.1 Å². The number of nitrogens with two attached hydrogens (primary N) is 2. The first-order valence-electron chi connectivity index (χ1n) is 5.61. The molecule has 17 heavy (non-hydrogen) atoms. The van der Waals surface area contributed by atoms with E-state index >= 15 is 0 Å². The molecule has 1 aromatic rings. The Morgan fingerprint density at radius 2 is 1.71 bits per heavy atom. The minimum atomic E-state index is -0.381. The summed E-state index contributed by atoms with van der Waals surface area (Å²) in [6, 6.07) is 4.73. The van der Waals surface area contributed by atoms with Crippen molar-refractivity contribution in [3.8, 4) is 0 Å². The Bertz CT molecular complexity index is 388. The fraction of sp³-hybridized carbons (Fsp3) is 0.462. The normalized spacial score (nSPS) is 11.2. The first-order valence-corrected chi connectivity index (χ1v) is 5.61. The van der Waals surface area contributed by atoms with E-state index in [4.69, 9.17) is 16.2 Å². The van der Waals surface area contributed by atoms with Crippen molar-refractivity contribution in [2.45, 2.75) is 27.2 Å². The van der Waals surface area contributed by atoms with Gasteiger partial charge in [-0.15, -0.1) is 0 Å².